The quantitative estimate of drug-likeness (QED) is 0.757. The SMILES string of the molecule is Cn1cc(N2C(=O)CC[C@@H]3[C@H]2CCN3C(=O)c2cscn2)cn1.O=C(O)C(F)(F)F. The summed E-state index contributed by atoms with van der Waals surface area (Å²) in [6, 6.07) is 0.0881. The van der Waals surface area contributed by atoms with Crippen LogP contribution in [-0.2, 0) is 16.6 Å². The molecule has 4 heterocycles. The van der Waals surface area contributed by atoms with Crippen LogP contribution in [-0.4, -0.2) is 67.4 Å². The average Bonchev–Trinajstić information content (AvgIpc) is 3.41. The summed E-state index contributed by atoms with van der Waals surface area (Å²) < 4.78 is 33.4. The minimum Gasteiger partial charge on any atom is -0.475 e. The Balaban J connectivity index is 0.000000318. The Morgan fingerprint density at radius 3 is 2.50 bits per heavy atom. The van der Waals surface area contributed by atoms with Crippen molar-refractivity contribution in [3.05, 3.63) is 29.0 Å². The van der Waals surface area contributed by atoms with Gasteiger partial charge in [-0.25, -0.2) is 9.78 Å². The largest absolute Gasteiger partial charge is 0.490 e. The third-order valence-electron chi connectivity index (χ3n) is 4.89. The summed E-state index contributed by atoms with van der Waals surface area (Å²) in [6.07, 6.45) is 0.449. The lowest BCUT2D eigenvalue weighted by molar-refractivity contribution is -0.192. The molecule has 2 atom stereocenters. The number of rotatable bonds is 2. The van der Waals surface area contributed by atoms with Crippen LogP contribution in [0, 0.1) is 0 Å². The van der Waals surface area contributed by atoms with Crippen LogP contribution >= 0.6 is 11.3 Å². The standard InChI is InChI=1S/C15H17N5O2S.C2HF3O2/c1-18-7-10(6-17-18)20-13-4-5-19(12(13)2-3-14(20)21)15(22)11-8-23-9-16-11;3-2(4,5)1(6)7/h6-9,12-13H,2-5H2,1H3;(H,6,7)/t12-,13-;/m1./s1. The van der Waals surface area contributed by atoms with Gasteiger partial charge in [0.15, 0.2) is 0 Å². The van der Waals surface area contributed by atoms with Crippen LogP contribution in [0.1, 0.15) is 29.8 Å². The number of alkyl halides is 3. The van der Waals surface area contributed by atoms with Crippen molar-refractivity contribution in [2.24, 2.45) is 7.05 Å². The number of carboxylic acid groups (broad SMARTS) is 1. The number of aliphatic carboxylic acids is 1. The highest BCUT2D eigenvalue weighted by Gasteiger charge is 2.46. The van der Waals surface area contributed by atoms with E-state index in [1.165, 1.54) is 11.3 Å². The van der Waals surface area contributed by atoms with Crippen LogP contribution in [0.3, 0.4) is 0 Å². The Labute approximate surface area is 172 Å². The minimum atomic E-state index is -5.08. The number of likely N-dealkylation sites (tertiary alicyclic amines) is 1. The zero-order valence-electron chi connectivity index (χ0n) is 15.7. The second-order valence-corrected chi connectivity index (χ2v) is 7.49. The topological polar surface area (TPSA) is 109 Å². The Kier molecular flexibility index (Phi) is 6.10. The van der Waals surface area contributed by atoms with Crippen molar-refractivity contribution in [1.29, 1.82) is 0 Å². The molecular weight excluding hydrogens is 427 g/mol. The number of hydrogen-bond donors (Lipinski definition) is 1. The zero-order chi connectivity index (χ0) is 22.1. The molecule has 0 unspecified atom stereocenters. The second-order valence-electron chi connectivity index (χ2n) is 6.77. The van der Waals surface area contributed by atoms with Gasteiger partial charge in [0.25, 0.3) is 5.91 Å². The number of hydrogen-bond acceptors (Lipinski definition) is 6. The fourth-order valence-corrected chi connectivity index (χ4v) is 4.17. The molecule has 2 aromatic rings. The van der Waals surface area contributed by atoms with Crippen LogP contribution in [0.5, 0.6) is 0 Å². The monoisotopic (exact) mass is 445 g/mol. The maximum absolute atomic E-state index is 12.6. The molecule has 13 heteroatoms. The molecule has 2 aliphatic rings. The van der Waals surface area contributed by atoms with Gasteiger partial charge in [0.05, 0.1) is 29.5 Å². The van der Waals surface area contributed by atoms with Gasteiger partial charge >= 0.3 is 12.1 Å². The first-order valence-corrected chi connectivity index (χ1v) is 9.84. The van der Waals surface area contributed by atoms with E-state index in [2.05, 4.69) is 10.1 Å². The van der Waals surface area contributed by atoms with Gasteiger partial charge in [0, 0.05) is 31.6 Å². The number of aromatic nitrogens is 3. The molecule has 0 bridgehead atoms. The second kappa shape index (κ2) is 8.42. The summed E-state index contributed by atoms with van der Waals surface area (Å²) >= 11 is 1.42. The molecule has 30 heavy (non-hydrogen) atoms. The van der Waals surface area contributed by atoms with Crippen LogP contribution in [0.25, 0.3) is 0 Å². The summed E-state index contributed by atoms with van der Waals surface area (Å²) in [5.74, 6) is -2.67. The highest BCUT2D eigenvalue weighted by Crippen LogP contribution is 2.35. The van der Waals surface area contributed by atoms with Crippen LogP contribution < -0.4 is 4.90 Å². The molecule has 2 aliphatic heterocycles. The molecule has 2 fully saturated rings. The van der Waals surface area contributed by atoms with Crippen molar-refractivity contribution < 1.29 is 32.7 Å². The van der Waals surface area contributed by atoms with Crippen molar-refractivity contribution in [3.63, 3.8) is 0 Å². The van der Waals surface area contributed by atoms with Crippen molar-refractivity contribution in [3.8, 4) is 0 Å². The van der Waals surface area contributed by atoms with Crippen LogP contribution in [0.4, 0.5) is 18.9 Å². The summed E-state index contributed by atoms with van der Waals surface area (Å²) in [5.41, 5.74) is 2.99. The van der Waals surface area contributed by atoms with E-state index in [1.54, 1.807) is 21.8 Å². The summed E-state index contributed by atoms with van der Waals surface area (Å²) in [5, 5.41) is 13.1. The Morgan fingerprint density at radius 1 is 1.27 bits per heavy atom. The van der Waals surface area contributed by atoms with E-state index in [0.717, 1.165) is 18.5 Å². The highest BCUT2D eigenvalue weighted by molar-refractivity contribution is 7.07. The summed E-state index contributed by atoms with van der Waals surface area (Å²) in [7, 11) is 1.84. The Bertz CT molecular complexity index is 930. The molecule has 2 aromatic heterocycles. The van der Waals surface area contributed by atoms with Crippen molar-refractivity contribution >= 4 is 34.8 Å². The summed E-state index contributed by atoms with van der Waals surface area (Å²) in [6.45, 7) is 0.662. The fourth-order valence-electron chi connectivity index (χ4n) is 3.65. The van der Waals surface area contributed by atoms with E-state index in [-0.39, 0.29) is 23.9 Å². The molecule has 9 nitrogen and oxygen atoms in total. The number of thiazole rings is 1. The van der Waals surface area contributed by atoms with E-state index in [0.29, 0.717) is 18.7 Å². The first-order valence-electron chi connectivity index (χ1n) is 8.89. The molecule has 162 valence electrons. The number of aryl methyl sites for hydroxylation is 1. The number of anilines is 1. The van der Waals surface area contributed by atoms with E-state index >= 15 is 0 Å². The molecule has 0 aliphatic carbocycles. The van der Waals surface area contributed by atoms with Crippen molar-refractivity contribution in [2.75, 3.05) is 11.4 Å². The fraction of sp³-hybridized carbons (Fsp3) is 0.471. The van der Waals surface area contributed by atoms with Gasteiger partial charge in [0.1, 0.15) is 5.69 Å². The van der Waals surface area contributed by atoms with Gasteiger partial charge in [-0.3, -0.25) is 14.3 Å². The van der Waals surface area contributed by atoms with E-state index < -0.39 is 12.1 Å². The molecule has 0 saturated carbocycles. The Morgan fingerprint density at radius 2 is 1.97 bits per heavy atom. The number of fused-ring (bicyclic) bond motifs is 1. The molecule has 4 rings (SSSR count). The third kappa shape index (κ3) is 4.45. The number of amides is 2. The maximum atomic E-state index is 12.6. The van der Waals surface area contributed by atoms with Crippen LogP contribution in [0.2, 0.25) is 0 Å². The van der Waals surface area contributed by atoms with Gasteiger partial charge in [-0.2, -0.15) is 18.3 Å². The molecule has 1 N–H and O–H groups in total. The zero-order valence-corrected chi connectivity index (χ0v) is 16.6. The predicted molar refractivity (Wildman–Crippen MR) is 99.0 cm³/mol. The number of nitrogens with zero attached hydrogens (tertiary/aromatic N) is 5. The smallest absolute Gasteiger partial charge is 0.475 e. The first-order chi connectivity index (χ1) is 14.1. The minimum absolute atomic E-state index is 0.0285. The first kappa shape index (κ1) is 21.7. The lowest BCUT2D eigenvalue weighted by Crippen LogP contribution is -2.53. The lowest BCUT2D eigenvalue weighted by atomic mass is 9.96. The average molecular weight is 445 g/mol. The number of piperidine rings is 1. The van der Waals surface area contributed by atoms with Gasteiger partial charge in [-0.15, -0.1) is 11.3 Å². The Hall–Kier alpha value is -2.96. The number of halogens is 3. The van der Waals surface area contributed by atoms with Gasteiger partial charge in [-0.05, 0) is 12.8 Å². The van der Waals surface area contributed by atoms with Gasteiger partial charge in [-0.1, -0.05) is 0 Å². The van der Waals surface area contributed by atoms with E-state index in [1.807, 2.05) is 23.0 Å². The molecule has 2 saturated heterocycles. The predicted octanol–water partition coefficient (Wildman–Crippen LogP) is 1.92. The summed E-state index contributed by atoms with van der Waals surface area (Å²) in [4.78, 5) is 41.8. The third-order valence-corrected chi connectivity index (χ3v) is 5.48. The molecule has 0 radical (unpaired) electrons. The van der Waals surface area contributed by atoms with E-state index in [4.69, 9.17) is 9.90 Å². The normalized spacial score (nSPS) is 21.1. The van der Waals surface area contributed by atoms with E-state index in [9.17, 15) is 22.8 Å². The van der Waals surface area contributed by atoms with Gasteiger partial charge in [0.2, 0.25) is 5.91 Å². The van der Waals surface area contributed by atoms with Gasteiger partial charge < -0.3 is 14.9 Å². The van der Waals surface area contributed by atoms with Crippen molar-refractivity contribution in [2.45, 2.75) is 37.5 Å². The number of carbonyl (C=O) groups is 3. The highest BCUT2D eigenvalue weighted by atomic mass is 32.1. The molecule has 2 amide bonds. The lowest BCUT2D eigenvalue weighted by Gasteiger charge is -2.38. The van der Waals surface area contributed by atoms with Crippen molar-refractivity contribution in [1.82, 2.24) is 19.7 Å². The molecular formula is C17H18F3N5O4S. The number of carboxylic acids is 1. The number of carbonyl (C=O) groups excluding carboxylic acids is 2. The molecule has 0 spiro atoms. The van der Waals surface area contributed by atoms with Crippen LogP contribution in [0.15, 0.2) is 23.3 Å². The molecule has 0 aromatic carbocycles. The maximum Gasteiger partial charge on any atom is 0.490 e.